The Morgan fingerprint density at radius 1 is 1.08 bits per heavy atom. The van der Waals surface area contributed by atoms with E-state index in [9.17, 15) is 4.79 Å². The molecule has 1 aromatic rings. The molecule has 4 nitrogen and oxygen atoms in total. The summed E-state index contributed by atoms with van der Waals surface area (Å²) in [6, 6.07) is 4.36. The molecule has 4 rings (SSSR count). The number of aryl methyl sites for hydroxylation is 1. The van der Waals surface area contributed by atoms with Crippen molar-refractivity contribution in [2.45, 2.75) is 95.8 Å². The minimum atomic E-state index is 0.224. The van der Waals surface area contributed by atoms with E-state index in [4.69, 9.17) is 0 Å². The van der Waals surface area contributed by atoms with Crippen LogP contribution in [0.1, 0.15) is 85.6 Å². The molecule has 1 aliphatic carbocycles. The van der Waals surface area contributed by atoms with E-state index in [0.29, 0.717) is 24.2 Å². The van der Waals surface area contributed by atoms with Crippen molar-refractivity contribution >= 4 is 5.91 Å². The first-order valence-corrected chi connectivity index (χ1v) is 10.3. The van der Waals surface area contributed by atoms with E-state index >= 15 is 0 Å². The van der Waals surface area contributed by atoms with Crippen LogP contribution in [0, 0.1) is 13.8 Å². The van der Waals surface area contributed by atoms with E-state index in [1.807, 2.05) is 11.9 Å². The third kappa shape index (κ3) is 3.14. The summed E-state index contributed by atoms with van der Waals surface area (Å²) >= 11 is 0. The van der Waals surface area contributed by atoms with Crippen molar-refractivity contribution in [1.82, 2.24) is 14.8 Å². The second-order valence-corrected chi connectivity index (χ2v) is 8.63. The van der Waals surface area contributed by atoms with E-state index < -0.39 is 0 Å². The Labute approximate surface area is 152 Å². The number of carbonyl (C=O) groups is 1. The van der Waals surface area contributed by atoms with Crippen molar-refractivity contribution in [2.24, 2.45) is 0 Å². The van der Waals surface area contributed by atoms with Crippen molar-refractivity contribution in [2.75, 3.05) is 7.05 Å². The zero-order valence-corrected chi connectivity index (χ0v) is 16.1. The molecule has 1 amide bonds. The van der Waals surface area contributed by atoms with Gasteiger partial charge in [-0.25, -0.2) is 0 Å². The third-order valence-corrected chi connectivity index (χ3v) is 6.97. The Hall–Kier alpha value is -1.29. The summed E-state index contributed by atoms with van der Waals surface area (Å²) in [6.07, 6.45) is 11.3. The van der Waals surface area contributed by atoms with Crippen molar-refractivity contribution in [3.8, 4) is 0 Å². The van der Waals surface area contributed by atoms with Crippen LogP contribution in [0.4, 0.5) is 0 Å². The maximum absolute atomic E-state index is 13.2. The molecule has 2 aliphatic heterocycles. The average molecular weight is 344 g/mol. The van der Waals surface area contributed by atoms with Crippen LogP contribution in [-0.2, 0) is 0 Å². The molecule has 0 radical (unpaired) electrons. The number of rotatable bonds is 3. The molecule has 1 saturated carbocycles. The summed E-state index contributed by atoms with van der Waals surface area (Å²) in [6.45, 7) is 4.32. The summed E-state index contributed by atoms with van der Waals surface area (Å²) in [5.74, 6) is 0.224. The molecule has 2 bridgehead atoms. The van der Waals surface area contributed by atoms with Gasteiger partial charge in [0, 0.05) is 42.6 Å². The summed E-state index contributed by atoms with van der Waals surface area (Å²) in [5, 5.41) is 3.68. The predicted molar refractivity (Wildman–Crippen MR) is 101 cm³/mol. The van der Waals surface area contributed by atoms with Gasteiger partial charge in [0.05, 0.1) is 5.56 Å². The Kier molecular flexibility index (Phi) is 4.65. The Morgan fingerprint density at radius 3 is 2.36 bits per heavy atom. The highest BCUT2D eigenvalue weighted by molar-refractivity contribution is 5.95. The maximum Gasteiger partial charge on any atom is 0.255 e. The quantitative estimate of drug-likeness (QED) is 0.902. The van der Waals surface area contributed by atoms with Gasteiger partial charge in [-0.15, -0.1) is 0 Å². The zero-order chi connectivity index (χ0) is 17.6. The van der Waals surface area contributed by atoms with Gasteiger partial charge in [-0.05, 0) is 58.4 Å². The molecular formula is C21H33N3O. The van der Waals surface area contributed by atoms with Gasteiger partial charge in [-0.2, -0.15) is 0 Å². The molecule has 4 heteroatoms. The Bertz CT molecular complexity index is 632. The first kappa shape index (κ1) is 17.1. The topological polar surface area (TPSA) is 37.3 Å². The summed E-state index contributed by atoms with van der Waals surface area (Å²) < 4.78 is 2.45. The minimum Gasteiger partial charge on any atom is -0.345 e. The number of nitrogens with zero attached hydrogens (tertiary/aromatic N) is 2. The molecule has 0 aromatic carbocycles. The number of amides is 1. The second-order valence-electron chi connectivity index (χ2n) is 8.63. The fourth-order valence-corrected chi connectivity index (χ4v) is 5.59. The van der Waals surface area contributed by atoms with Gasteiger partial charge < -0.3 is 14.8 Å². The van der Waals surface area contributed by atoms with Crippen molar-refractivity contribution in [1.29, 1.82) is 0 Å². The van der Waals surface area contributed by atoms with Crippen molar-refractivity contribution in [3.63, 3.8) is 0 Å². The number of piperidine rings is 1. The van der Waals surface area contributed by atoms with Crippen LogP contribution >= 0.6 is 0 Å². The van der Waals surface area contributed by atoms with E-state index in [2.05, 4.69) is 29.8 Å². The van der Waals surface area contributed by atoms with Crippen LogP contribution in [-0.4, -0.2) is 40.5 Å². The van der Waals surface area contributed by atoms with Gasteiger partial charge >= 0.3 is 0 Å². The lowest BCUT2D eigenvalue weighted by Crippen LogP contribution is -2.48. The first-order chi connectivity index (χ1) is 12.0. The van der Waals surface area contributed by atoms with E-state index in [0.717, 1.165) is 18.4 Å². The van der Waals surface area contributed by atoms with Crippen LogP contribution in [0.15, 0.2) is 6.07 Å². The Morgan fingerprint density at radius 2 is 1.72 bits per heavy atom. The standard InChI is InChI=1S/C21H33N3O/c1-14-11-20(15(2)24(14)18-7-5-4-6-8-18)21(25)23(3)19-12-16-9-10-17(13-19)22-16/h11,16-19,22H,4-10,12-13H2,1-3H3. The van der Waals surface area contributed by atoms with Gasteiger partial charge in [0.1, 0.15) is 0 Å². The van der Waals surface area contributed by atoms with Crippen LogP contribution < -0.4 is 5.32 Å². The average Bonchev–Trinajstić information content (AvgIpc) is 3.12. The first-order valence-electron chi connectivity index (χ1n) is 10.3. The Balaban J connectivity index is 1.53. The number of fused-ring (bicyclic) bond motifs is 2. The highest BCUT2D eigenvalue weighted by atomic mass is 16.2. The van der Waals surface area contributed by atoms with Crippen LogP contribution in [0.25, 0.3) is 0 Å². The molecular weight excluding hydrogens is 310 g/mol. The van der Waals surface area contributed by atoms with Crippen LogP contribution in [0.2, 0.25) is 0 Å². The SMILES string of the molecule is Cc1cc(C(=O)N(C)C2CC3CCC(C2)N3)c(C)n1C1CCCCC1. The highest BCUT2D eigenvalue weighted by Gasteiger charge is 2.37. The van der Waals surface area contributed by atoms with Gasteiger partial charge in [0.25, 0.3) is 5.91 Å². The van der Waals surface area contributed by atoms with E-state index in [1.54, 1.807) is 0 Å². The zero-order valence-electron chi connectivity index (χ0n) is 16.1. The minimum absolute atomic E-state index is 0.224. The van der Waals surface area contributed by atoms with Crippen molar-refractivity contribution < 1.29 is 4.79 Å². The van der Waals surface area contributed by atoms with Gasteiger partial charge in [-0.1, -0.05) is 19.3 Å². The predicted octanol–water partition coefficient (Wildman–Crippen LogP) is 3.97. The fraction of sp³-hybridized carbons (Fsp3) is 0.762. The lowest BCUT2D eigenvalue weighted by Gasteiger charge is -2.35. The molecule has 2 saturated heterocycles. The summed E-state index contributed by atoms with van der Waals surface area (Å²) in [7, 11) is 2.02. The molecule has 2 atom stereocenters. The monoisotopic (exact) mass is 343 g/mol. The van der Waals surface area contributed by atoms with Gasteiger partial charge in [-0.3, -0.25) is 4.79 Å². The lowest BCUT2D eigenvalue weighted by molar-refractivity contribution is 0.0680. The number of aromatic nitrogens is 1. The number of hydrogen-bond donors (Lipinski definition) is 1. The molecule has 3 aliphatic rings. The molecule has 3 heterocycles. The molecule has 3 fully saturated rings. The summed E-state index contributed by atoms with van der Waals surface area (Å²) in [4.78, 5) is 15.3. The molecule has 1 aromatic heterocycles. The number of carbonyl (C=O) groups excluding carboxylic acids is 1. The maximum atomic E-state index is 13.2. The largest absolute Gasteiger partial charge is 0.345 e. The lowest BCUT2D eigenvalue weighted by atomic mass is 9.95. The van der Waals surface area contributed by atoms with Crippen LogP contribution in [0.3, 0.4) is 0 Å². The molecule has 1 N–H and O–H groups in total. The number of hydrogen-bond acceptors (Lipinski definition) is 2. The molecule has 138 valence electrons. The van der Waals surface area contributed by atoms with E-state index in [-0.39, 0.29) is 5.91 Å². The highest BCUT2D eigenvalue weighted by Crippen LogP contribution is 2.34. The molecule has 2 unspecified atom stereocenters. The van der Waals surface area contributed by atoms with Crippen molar-refractivity contribution in [3.05, 3.63) is 23.0 Å². The summed E-state index contributed by atoms with van der Waals surface area (Å²) in [5.41, 5.74) is 3.36. The van der Waals surface area contributed by atoms with Gasteiger partial charge in [0.2, 0.25) is 0 Å². The van der Waals surface area contributed by atoms with Gasteiger partial charge in [0.15, 0.2) is 0 Å². The second kappa shape index (κ2) is 6.79. The fourth-order valence-electron chi connectivity index (χ4n) is 5.59. The third-order valence-electron chi connectivity index (χ3n) is 6.97. The van der Waals surface area contributed by atoms with E-state index in [1.165, 1.54) is 56.3 Å². The normalized spacial score (nSPS) is 29.8. The smallest absolute Gasteiger partial charge is 0.255 e. The molecule has 0 spiro atoms. The number of nitrogens with one attached hydrogen (secondary N) is 1. The molecule has 25 heavy (non-hydrogen) atoms. The van der Waals surface area contributed by atoms with Crippen LogP contribution in [0.5, 0.6) is 0 Å².